The Morgan fingerprint density at radius 1 is 1.26 bits per heavy atom. The molecule has 0 bridgehead atoms. The van der Waals surface area contributed by atoms with Gasteiger partial charge < -0.3 is 10.6 Å². The highest BCUT2D eigenvalue weighted by molar-refractivity contribution is 5.78. The van der Waals surface area contributed by atoms with Crippen LogP contribution in [-0.2, 0) is 4.79 Å². The molecule has 19 heavy (non-hydrogen) atoms. The third kappa shape index (κ3) is 4.77. The van der Waals surface area contributed by atoms with E-state index in [-0.39, 0.29) is 5.91 Å². The van der Waals surface area contributed by atoms with Gasteiger partial charge >= 0.3 is 0 Å². The van der Waals surface area contributed by atoms with Gasteiger partial charge in [0.1, 0.15) is 0 Å². The highest BCUT2D eigenvalue weighted by Crippen LogP contribution is 2.27. The molecule has 2 N–H and O–H groups in total. The summed E-state index contributed by atoms with van der Waals surface area (Å²) in [5, 5.41) is 6.65. The Morgan fingerprint density at radius 3 is 2.68 bits per heavy atom. The van der Waals surface area contributed by atoms with E-state index in [0.717, 1.165) is 32.1 Å². The van der Waals surface area contributed by atoms with Gasteiger partial charge in [-0.15, -0.1) is 0 Å². The van der Waals surface area contributed by atoms with Crippen LogP contribution in [0.15, 0.2) is 0 Å². The molecule has 4 heteroatoms. The molecule has 1 saturated heterocycles. The Morgan fingerprint density at radius 2 is 2.05 bits per heavy atom. The molecule has 1 saturated carbocycles. The van der Waals surface area contributed by atoms with E-state index >= 15 is 0 Å². The summed E-state index contributed by atoms with van der Waals surface area (Å²) in [5.74, 6) is 1.67. The maximum atomic E-state index is 11.9. The largest absolute Gasteiger partial charge is 0.355 e. The second-order valence-corrected chi connectivity index (χ2v) is 6.10. The number of amides is 1. The van der Waals surface area contributed by atoms with Crippen molar-refractivity contribution in [1.82, 2.24) is 15.5 Å². The summed E-state index contributed by atoms with van der Waals surface area (Å²) >= 11 is 0. The van der Waals surface area contributed by atoms with Crippen molar-refractivity contribution in [3.8, 4) is 0 Å². The Hall–Kier alpha value is -0.610. The van der Waals surface area contributed by atoms with Crippen LogP contribution in [-0.4, -0.2) is 49.6 Å². The molecule has 2 rings (SSSR count). The quantitative estimate of drug-likeness (QED) is 0.729. The Labute approximate surface area is 117 Å². The van der Waals surface area contributed by atoms with Gasteiger partial charge in [-0.2, -0.15) is 0 Å². The van der Waals surface area contributed by atoms with Crippen molar-refractivity contribution in [2.24, 2.45) is 11.8 Å². The fourth-order valence-electron chi connectivity index (χ4n) is 3.03. The second kappa shape index (κ2) is 7.25. The summed E-state index contributed by atoms with van der Waals surface area (Å²) in [7, 11) is 0. The summed E-state index contributed by atoms with van der Waals surface area (Å²) in [6.45, 7) is 9.06. The summed E-state index contributed by atoms with van der Waals surface area (Å²) in [4.78, 5) is 14.2. The molecule has 0 aromatic carbocycles. The predicted molar refractivity (Wildman–Crippen MR) is 78.0 cm³/mol. The molecule has 4 nitrogen and oxygen atoms in total. The van der Waals surface area contributed by atoms with Crippen LogP contribution in [0.25, 0.3) is 0 Å². The van der Waals surface area contributed by atoms with Crippen LogP contribution >= 0.6 is 0 Å². The zero-order valence-corrected chi connectivity index (χ0v) is 12.5. The highest BCUT2D eigenvalue weighted by Gasteiger charge is 2.28. The fourth-order valence-corrected chi connectivity index (χ4v) is 3.03. The molecule has 1 amide bonds. The van der Waals surface area contributed by atoms with Crippen molar-refractivity contribution in [1.29, 1.82) is 0 Å². The molecule has 0 radical (unpaired) electrons. The minimum atomic E-state index is 0.212. The fraction of sp³-hybridized carbons (Fsp3) is 0.933. The molecule has 1 heterocycles. The summed E-state index contributed by atoms with van der Waals surface area (Å²) in [5.41, 5.74) is 0. The SMILES string of the molecule is CCNC1CCN(CC(=O)NCC2CC2)CC1CC. The van der Waals surface area contributed by atoms with Gasteiger partial charge in [0.05, 0.1) is 6.54 Å². The lowest BCUT2D eigenvalue weighted by Gasteiger charge is -2.38. The van der Waals surface area contributed by atoms with Crippen LogP contribution in [0, 0.1) is 11.8 Å². The van der Waals surface area contributed by atoms with Gasteiger partial charge in [-0.3, -0.25) is 9.69 Å². The molecule has 0 spiro atoms. The Kier molecular flexibility index (Phi) is 5.64. The molecular formula is C15H29N3O. The van der Waals surface area contributed by atoms with Crippen LogP contribution in [0.5, 0.6) is 0 Å². The molecule has 2 aliphatic rings. The van der Waals surface area contributed by atoms with Crippen LogP contribution in [0.1, 0.15) is 39.5 Å². The number of carbonyl (C=O) groups excluding carboxylic acids is 1. The van der Waals surface area contributed by atoms with E-state index in [0.29, 0.717) is 18.5 Å². The third-order valence-electron chi connectivity index (χ3n) is 4.46. The molecule has 1 aliphatic carbocycles. The van der Waals surface area contributed by atoms with Gasteiger partial charge in [-0.1, -0.05) is 20.3 Å². The lowest BCUT2D eigenvalue weighted by atomic mass is 9.90. The van der Waals surface area contributed by atoms with Crippen molar-refractivity contribution in [3.63, 3.8) is 0 Å². The molecule has 110 valence electrons. The van der Waals surface area contributed by atoms with Crippen LogP contribution in [0.4, 0.5) is 0 Å². The standard InChI is InChI=1S/C15H29N3O/c1-3-13-10-18(8-7-14(13)16-4-2)11-15(19)17-9-12-5-6-12/h12-14,16H,3-11H2,1-2H3,(H,17,19). The van der Waals surface area contributed by atoms with Crippen molar-refractivity contribution in [2.75, 3.05) is 32.7 Å². The highest BCUT2D eigenvalue weighted by atomic mass is 16.2. The lowest BCUT2D eigenvalue weighted by Crippen LogP contribution is -2.51. The van der Waals surface area contributed by atoms with Crippen LogP contribution in [0.3, 0.4) is 0 Å². The van der Waals surface area contributed by atoms with E-state index < -0.39 is 0 Å². The predicted octanol–water partition coefficient (Wildman–Crippen LogP) is 1.22. The van der Waals surface area contributed by atoms with Gasteiger partial charge in [0.2, 0.25) is 5.91 Å². The smallest absolute Gasteiger partial charge is 0.234 e. The molecule has 2 unspecified atom stereocenters. The number of hydrogen-bond donors (Lipinski definition) is 2. The number of piperidine rings is 1. The van der Waals surface area contributed by atoms with E-state index in [9.17, 15) is 4.79 Å². The average Bonchev–Trinajstić information content (AvgIpc) is 3.22. The first-order valence-electron chi connectivity index (χ1n) is 7.95. The van der Waals surface area contributed by atoms with Gasteiger partial charge in [0.15, 0.2) is 0 Å². The zero-order chi connectivity index (χ0) is 13.7. The van der Waals surface area contributed by atoms with Crippen molar-refractivity contribution >= 4 is 5.91 Å². The second-order valence-electron chi connectivity index (χ2n) is 6.10. The summed E-state index contributed by atoms with van der Waals surface area (Å²) in [6.07, 6.45) is 4.96. The van der Waals surface area contributed by atoms with E-state index in [1.165, 1.54) is 25.7 Å². The Balaban J connectivity index is 1.70. The van der Waals surface area contributed by atoms with E-state index in [4.69, 9.17) is 0 Å². The molecule has 0 aromatic rings. The number of nitrogens with one attached hydrogen (secondary N) is 2. The van der Waals surface area contributed by atoms with Crippen molar-refractivity contribution < 1.29 is 4.79 Å². The van der Waals surface area contributed by atoms with E-state index in [1.807, 2.05) is 0 Å². The first kappa shape index (κ1) is 14.8. The number of nitrogens with zero attached hydrogens (tertiary/aromatic N) is 1. The number of carbonyl (C=O) groups is 1. The first-order chi connectivity index (χ1) is 9.22. The van der Waals surface area contributed by atoms with E-state index in [2.05, 4.69) is 29.4 Å². The first-order valence-corrected chi connectivity index (χ1v) is 7.95. The van der Waals surface area contributed by atoms with Gasteiger partial charge in [-0.25, -0.2) is 0 Å². The molecule has 0 aromatic heterocycles. The molecule has 2 fully saturated rings. The minimum Gasteiger partial charge on any atom is -0.355 e. The minimum absolute atomic E-state index is 0.212. The van der Waals surface area contributed by atoms with Crippen LogP contribution in [0.2, 0.25) is 0 Å². The van der Waals surface area contributed by atoms with Gasteiger partial charge in [0.25, 0.3) is 0 Å². The van der Waals surface area contributed by atoms with Crippen molar-refractivity contribution in [3.05, 3.63) is 0 Å². The Bertz CT molecular complexity index is 291. The molecular weight excluding hydrogens is 238 g/mol. The average molecular weight is 267 g/mol. The summed E-state index contributed by atoms with van der Waals surface area (Å²) < 4.78 is 0. The zero-order valence-electron chi connectivity index (χ0n) is 12.5. The molecule has 2 atom stereocenters. The normalized spacial score (nSPS) is 28.3. The monoisotopic (exact) mass is 267 g/mol. The number of hydrogen-bond acceptors (Lipinski definition) is 3. The summed E-state index contributed by atoms with van der Waals surface area (Å²) in [6, 6.07) is 0.640. The van der Waals surface area contributed by atoms with Gasteiger partial charge in [-0.05, 0) is 37.6 Å². The van der Waals surface area contributed by atoms with Gasteiger partial charge in [0, 0.05) is 25.7 Å². The number of rotatable bonds is 7. The molecule has 1 aliphatic heterocycles. The van der Waals surface area contributed by atoms with E-state index in [1.54, 1.807) is 0 Å². The third-order valence-corrected chi connectivity index (χ3v) is 4.46. The topological polar surface area (TPSA) is 44.4 Å². The maximum Gasteiger partial charge on any atom is 0.234 e. The van der Waals surface area contributed by atoms with Crippen molar-refractivity contribution in [2.45, 2.75) is 45.6 Å². The maximum absolute atomic E-state index is 11.9. The van der Waals surface area contributed by atoms with Crippen LogP contribution < -0.4 is 10.6 Å². The number of likely N-dealkylation sites (tertiary alicyclic amines) is 1. The lowest BCUT2D eigenvalue weighted by molar-refractivity contribution is -0.122.